The van der Waals surface area contributed by atoms with E-state index >= 15 is 0 Å². The topological polar surface area (TPSA) is 120 Å². The van der Waals surface area contributed by atoms with Crippen molar-refractivity contribution < 1.29 is 14.4 Å². The van der Waals surface area contributed by atoms with E-state index in [1.54, 1.807) is 0 Å². The molecule has 1 aliphatic rings. The average Bonchev–Trinajstić information content (AvgIpc) is 3.23. The van der Waals surface area contributed by atoms with E-state index in [1.807, 2.05) is 6.07 Å². The van der Waals surface area contributed by atoms with Gasteiger partial charge in [-0.05, 0) is 42.5 Å². The second kappa shape index (κ2) is 9.79. The maximum absolute atomic E-state index is 13.1. The molecule has 31 heavy (non-hydrogen) atoms. The minimum atomic E-state index is -1.16. The maximum atomic E-state index is 13.1. The van der Waals surface area contributed by atoms with Crippen LogP contribution in [0.1, 0.15) is 26.3 Å². The number of rotatable bonds is 5. The van der Waals surface area contributed by atoms with Crippen molar-refractivity contribution in [3.8, 4) is 6.07 Å². The molecule has 3 amide bonds. The Balaban J connectivity index is 1.91. The lowest BCUT2D eigenvalue weighted by Crippen LogP contribution is -2.54. The first-order valence-electron chi connectivity index (χ1n) is 9.42. The first-order chi connectivity index (χ1) is 14.9. The summed E-state index contributed by atoms with van der Waals surface area (Å²) in [6.07, 6.45) is -1.16. The van der Waals surface area contributed by atoms with Gasteiger partial charge in [0, 0.05) is 37.3 Å². The van der Waals surface area contributed by atoms with Gasteiger partial charge in [0.1, 0.15) is 0 Å². The first kappa shape index (κ1) is 22.6. The molecule has 1 aliphatic heterocycles. The molecule has 2 aromatic rings. The number of benzene rings is 2. The Hall–Kier alpha value is -3.12. The van der Waals surface area contributed by atoms with Gasteiger partial charge in [-0.2, -0.15) is 5.26 Å². The van der Waals surface area contributed by atoms with Gasteiger partial charge in [0.15, 0.2) is 6.17 Å². The molecule has 0 bridgehead atoms. The molecular weight excluding hydrogens is 441 g/mol. The molecule has 160 valence electrons. The normalized spacial score (nSPS) is 15.5. The van der Waals surface area contributed by atoms with Crippen molar-refractivity contribution >= 4 is 40.9 Å². The van der Waals surface area contributed by atoms with Crippen LogP contribution in [0.25, 0.3) is 0 Å². The number of halogens is 2. The maximum Gasteiger partial charge on any atom is 0.263 e. The highest BCUT2D eigenvalue weighted by Gasteiger charge is 2.43. The largest absolute Gasteiger partial charge is 0.351 e. The molecule has 1 unspecified atom stereocenters. The fraction of sp³-hybridized carbons (Fsp3) is 0.238. The Morgan fingerprint density at radius 1 is 1.00 bits per heavy atom. The van der Waals surface area contributed by atoms with E-state index < -0.39 is 23.9 Å². The predicted molar refractivity (Wildman–Crippen MR) is 116 cm³/mol. The SMILES string of the molecule is N#Cc1ccc(C(=O)N2CCN(C(=O)c3ccc(Cl)c(Cl)c3)C2C(=O)NCCN)cc1. The number of hydrogen-bond donors (Lipinski definition) is 2. The molecule has 0 saturated carbocycles. The van der Waals surface area contributed by atoms with E-state index in [1.165, 1.54) is 52.3 Å². The zero-order valence-corrected chi connectivity index (χ0v) is 17.9. The van der Waals surface area contributed by atoms with Crippen LogP contribution in [-0.4, -0.2) is 59.9 Å². The molecule has 8 nitrogen and oxygen atoms in total. The smallest absolute Gasteiger partial charge is 0.263 e. The van der Waals surface area contributed by atoms with Crippen molar-refractivity contribution in [3.05, 3.63) is 69.2 Å². The van der Waals surface area contributed by atoms with Crippen LogP contribution in [0.4, 0.5) is 0 Å². The molecule has 0 aliphatic carbocycles. The first-order valence-corrected chi connectivity index (χ1v) is 10.2. The average molecular weight is 460 g/mol. The summed E-state index contributed by atoms with van der Waals surface area (Å²) in [6.45, 7) is 0.722. The van der Waals surface area contributed by atoms with Gasteiger partial charge in [0.2, 0.25) is 0 Å². The van der Waals surface area contributed by atoms with Crippen LogP contribution in [0.2, 0.25) is 10.0 Å². The van der Waals surface area contributed by atoms with Crippen molar-refractivity contribution in [1.29, 1.82) is 5.26 Å². The van der Waals surface area contributed by atoms with Gasteiger partial charge in [-0.1, -0.05) is 23.2 Å². The molecule has 1 heterocycles. The minimum absolute atomic E-state index is 0.155. The quantitative estimate of drug-likeness (QED) is 0.706. The Labute approximate surface area is 189 Å². The predicted octanol–water partition coefficient (Wildman–Crippen LogP) is 1.86. The number of nitrogens with zero attached hydrogens (tertiary/aromatic N) is 3. The Morgan fingerprint density at radius 3 is 2.13 bits per heavy atom. The summed E-state index contributed by atoms with van der Waals surface area (Å²) in [6, 6.07) is 12.5. The molecule has 1 saturated heterocycles. The molecule has 3 N–H and O–H groups in total. The number of carbonyl (C=O) groups excluding carboxylic acids is 3. The fourth-order valence-electron chi connectivity index (χ4n) is 3.27. The van der Waals surface area contributed by atoms with Crippen molar-refractivity contribution in [3.63, 3.8) is 0 Å². The number of amides is 3. The van der Waals surface area contributed by atoms with Crippen LogP contribution in [0.15, 0.2) is 42.5 Å². The van der Waals surface area contributed by atoms with Gasteiger partial charge in [0.05, 0.1) is 21.7 Å². The Kier molecular flexibility index (Phi) is 7.13. The molecule has 0 spiro atoms. The zero-order valence-electron chi connectivity index (χ0n) is 16.3. The van der Waals surface area contributed by atoms with E-state index in [2.05, 4.69) is 5.32 Å². The molecular formula is C21H19Cl2N5O3. The summed E-state index contributed by atoms with van der Waals surface area (Å²) < 4.78 is 0. The number of nitrogens with one attached hydrogen (secondary N) is 1. The van der Waals surface area contributed by atoms with E-state index in [0.29, 0.717) is 16.1 Å². The number of nitrogens with two attached hydrogens (primary N) is 1. The highest BCUT2D eigenvalue weighted by molar-refractivity contribution is 6.42. The van der Waals surface area contributed by atoms with E-state index in [-0.39, 0.29) is 36.8 Å². The van der Waals surface area contributed by atoms with Gasteiger partial charge in [-0.25, -0.2) is 0 Å². The zero-order chi connectivity index (χ0) is 22.5. The highest BCUT2D eigenvalue weighted by Crippen LogP contribution is 2.26. The Morgan fingerprint density at radius 2 is 1.58 bits per heavy atom. The summed E-state index contributed by atoms with van der Waals surface area (Å²) in [5.41, 5.74) is 6.44. The fourth-order valence-corrected chi connectivity index (χ4v) is 3.57. The van der Waals surface area contributed by atoms with Gasteiger partial charge < -0.3 is 20.9 Å². The second-order valence-electron chi connectivity index (χ2n) is 6.77. The van der Waals surface area contributed by atoms with Crippen LogP contribution < -0.4 is 11.1 Å². The lowest BCUT2D eigenvalue weighted by Gasteiger charge is -2.29. The summed E-state index contributed by atoms with van der Waals surface area (Å²) in [7, 11) is 0. The number of carbonyl (C=O) groups is 3. The molecule has 0 aromatic heterocycles. The Bertz CT molecular complexity index is 1050. The van der Waals surface area contributed by atoms with Crippen molar-refractivity contribution in [2.45, 2.75) is 6.17 Å². The summed E-state index contributed by atoms with van der Waals surface area (Å²) in [5.74, 6) is -1.40. The van der Waals surface area contributed by atoms with Gasteiger partial charge in [-0.15, -0.1) is 0 Å². The molecule has 3 rings (SSSR count). The van der Waals surface area contributed by atoms with Crippen LogP contribution >= 0.6 is 23.2 Å². The third-order valence-electron chi connectivity index (χ3n) is 4.80. The molecule has 2 aromatic carbocycles. The minimum Gasteiger partial charge on any atom is -0.351 e. The monoisotopic (exact) mass is 459 g/mol. The second-order valence-corrected chi connectivity index (χ2v) is 7.58. The van der Waals surface area contributed by atoms with Gasteiger partial charge >= 0.3 is 0 Å². The third-order valence-corrected chi connectivity index (χ3v) is 5.54. The van der Waals surface area contributed by atoms with E-state index in [0.717, 1.165) is 0 Å². The van der Waals surface area contributed by atoms with Crippen molar-refractivity contribution in [1.82, 2.24) is 15.1 Å². The van der Waals surface area contributed by atoms with E-state index in [9.17, 15) is 14.4 Å². The highest BCUT2D eigenvalue weighted by atomic mass is 35.5. The van der Waals surface area contributed by atoms with Crippen molar-refractivity contribution in [2.75, 3.05) is 26.2 Å². The number of hydrogen-bond acceptors (Lipinski definition) is 5. The van der Waals surface area contributed by atoms with Crippen molar-refractivity contribution in [2.24, 2.45) is 5.73 Å². The summed E-state index contributed by atoms with van der Waals surface area (Å²) in [5, 5.41) is 12.1. The van der Waals surface area contributed by atoms with Gasteiger partial charge in [-0.3, -0.25) is 14.4 Å². The molecule has 0 radical (unpaired) electrons. The lowest BCUT2D eigenvalue weighted by molar-refractivity contribution is -0.128. The molecule has 10 heteroatoms. The van der Waals surface area contributed by atoms with Gasteiger partial charge in [0.25, 0.3) is 17.7 Å². The third kappa shape index (κ3) is 4.80. The van der Waals surface area contributed by atoms with Crippen LogP contribution in [0.5, 0.6) is 0 Å². The lowest BCUT2D eigenvalue weighted by atomic mass is 10.1. The van der Waals surface area contributed by atoms with Crippen LogP contribution in [0, 0.1) is 11.3 Å². The van der Waals surface area contributed by atoms with Crippen LogP contribution in [0.3, 0.4) is 0 Å². The van der Waals surface area contributed by atoms with Crippen LogP contribution in [-0.2, 0) is 4.79 Å². The summed E-state index contributed by atoms with van der Waals surface area (Å²) in [4.78, 5) is 41.7. The summed E-state index contributed by atoms with van der Waals surface area (Å²) >= 11 is 12.0. The standard InChI is InChI=1S/C21H19Cl2N5O3/c22-16-6-5-15(11-17(16)23)21(31)28-10-9-27(19(28)18(29)26-8-7-24)20(30)14-3-1-13(12-25)2-4-14/h1-6,11,19H,7-10,24H2,(H,26,29). The molecule has 1 fully saturated rings. The number of nitriles is 1. The molecule has 1 atom stereocenters. The van der Waals surface area contributed by atoms with E-state index in [4.69, 9.17) is 34.2 Å².